The van der Waals surface area contributed by atoms with E-state index < -0.39 is 6.04 Å². The summed E-state index contributed by atoms with van der Waals surface area (Å²) < 4.78 is 17.7. The molecule has 2 aromatic carbocycles. The molecular weight excluding hydrogens is 562 g/mol. The van der Waals surface area contributed by atoms with Crippen molar-refractivity contribution in [2.45, 2.75) is 12.5 Å². The molecular formula is C29H28ClN7O5. The average Bonchev–Trinajstić information content (AvgIpc) is 3.73. The van der Waals surface area contributed by atoms with E-state index in [2.05, 4.69) is 20.3 Å². The number of piperazine rings is 1. The number of imidazole rings is 1. The van der Waals surface area contributed by atoms with Crippen molar-refractivity contribution >= 4 is 29.2 Å². The van der Waals surface area contributed by atoms with Gasteiger partial charge in [-0.15, -0.1) is 0 Å². The van der Waals surface area contributed by atoms with Crippen molar-refractivity contribution in [1.82, 2.24) is 29.7 Å². The van der Waals surface area contributed by atoms with Crippen molar-refractivity contribution in [2.24, 2.45) is 0 Å². The second kappa shape index (κ2) is 12.0. The zero-order valence-electron chi connectivity index (χ0n) is 22.8. The minimum absolute atomic E-state index is 0.202. The molecule has 1 fully saturated rings. The summed E-state index contributed by atoms with van der Waals surface area (Å²) in [6.45, 7) is 1.54. The molecule has 2 aromatic heterocycles. The third kappa shape index (κ3) is 5.79. The molecule has 13 heteroatoms. The predicted molar refractivity (Wildman–Crippen MR) is 153 cm³/mol. The van der Waals surface area contributed by atoms with E-state index in [0.717, 1.165) is 5.56 Å². The molecule has 1 unspecified atom stereocenters. The van der Waals surface area contributed by atoms with Gasteiger partial charge in [-0.25, -0.2) is 9.97 Å². The number of benzene rings is 2. The molecule has 2 aliphatic rings. The average molecular weight is 590 g/mol. The van der Waals surface area contributed by atoms with Gasteiger partial charge in [0.25, 0.3) is 5.91 Å². The highest BCUT2D eigenvalue weighted by atomic mass is 35.5. The number of methoxy groups -OCH3 is 1. The van der Waals surface area contributed by atoms with E-state index in [1.165, 1.54) is 0 Å². The predicted octanol–water partition coefficient (Wildman–Crippen LogP) is 2.74. The van der Waals surface area contributed by atoms with Gasteiger partial charge in [-0.3, -0.25) is 14.2 Å². The Hall–Kier alpha value is -4.84. The number of carbonyl (C=O) groups is 2. The first-order valence-corrected chi connectivity index (χ1v) is 13.8. The molecule has 0 spiro atoms. The molecule has 42 heavy (non-hydrogen) atoms. The fraction of sp³-hybridized carbons (Fsp3) is 0.276. The summed E-state index contributed by atoms with van der Waals surface area (Å²) >= 11 is 6.35. The van der Waals surface area contributed by atoms with Gasteiger partial charge in [0.1, 0.15) is 29.1 Å². The Kier molecular flexibility index (Phi) is 7.78. The van der Waals surface area contributed by atoms with Crippen LogP contribution in [0.4, 0.5) is 5.82 Å². The van der Waals surface area contributed by atoms with Gasteiger partial charge >= 0.3 is 0 Å². The second-order valence-corrected chi connectivity index (χ2v) is 10.1. The lowest BCUT2D eigenvalue weighted by Crippen LogP contribution is -2.61. The lowest BCUT2D eigenvalue weighted by atomic mass is 10.1. The molecule has 0 bridgehead atoms. The fourth-order valence-electron chi connectivity index (χ4n) is 4.95. The number of hydrogen-bond acceptors (Lipinski definition) is 9. The molecule has 0 saturated carbocycles. The van der Waals surface area contributed by atoms with Gasteiger partial charge in [-0.05, 0) is 48.4 Å². The van der Waals surface area contributed by atoms with Crippen molar-refractivity contribution in [1.29, 1.82) is 0 Å². The summed E-state index contributed by atoms with van der Waals surface area (Å²) in [5, 5.41) is 3.27. The van der Waals surface area contributed by atoms with Crippen LogP contribution in [0.5, 0.6) is 17.2 Å². The highest BCUT2D eigenvalue weighted by molar-refractivity contribution is 6.29. The first-order valence-electron chi connectivity index (χ1n) is 13.4. The summed E-state index contributed by atoms with van der Waals surface area (Å²) in [5.41, 5.74) is 1.47. The number of halogens is 1. The third-order valence-corrected chi connectivity index (χ3v) is 7.35. The first kappa shape index (κ1) is 27.3. The van der Waals surface area contributed by atoms with Crippen LogP contribution in [0.1, 0.15) is 15.9 Å². The Morgan fingerprint density at radius 3 is 2.69 bits per heavy atom. The number of amides is 2. The van der Waals surface area contributed by atoms with E-state index in [9.17, 15) is 9.59 Å². The van der Waals surface area contributed by atoms with E-state index in [1.807, 2.05) is 23.1 Å². The van der Waals surface area contributed by atoms with Crippen molar-refractivity contribution in [3.8, 4) is 23.2 Å². The third-order valence-electron chi connectivity index (χ3n) is 7.16. The van der Waals surface area contributed by atoms with Crippen molar-refractivity contribution in [3.63, 3.8) is 0 Å². The molecule has 4 heterocycles. The number of carbonyl (C=O) groups excluding carboxylic acids is 2. The van der Waals surface area contributed by atoms with Crippen LogP contribution in [0.25, 0.3) is 5.95 Å². The Balaban J connectivity index is 1.21. The zero-order chi connectivity index (χ0) is 29.1. The lowest BCUT2D eigenvalue weighted by molar-refractivity contribution is -0.125. The quantitative estimate of drug-likeness (QED) is 0.309. The highest BCUT2D eigenvalue weighted by Gasteiger charge is 2.36. The number of hydrogen-bond donors (Lipinski definition) is 1. The molecule has 6 rings (SSSR count). The van der Waals surface area contributed by atoms with E-state index >= 15 is 0 Å². The van der Waals surface area contributed by atoms with Gasteiger partial charge in [-0.1, -0.05) is 17.7 Å². The van der Waals surface area contributed by atoms with E-state index in [4.69, 9.17) is 25.8 Å². The van der Waals surface area contributed by atoms with Crippen molar-refractivity contribution in [2.75, 3.05) is 45.0 Å². The van der Waals surface area contributed by atoms with Crippen LogP contribution in [0, 0.1) is 0 Å². The number of nitrogens with one attached hydrogen (secondary N) is 1. The van der Waals surface area contributed by atoms with Crippen LogP contribution < -0.4 is 24.4 Å². The highest BCUT2D eigenvalue weighted by Crippen LogP contribution is 2.32. The fourth-order valence-corrected chi connectivity index (χ4v) is 5.12. The maximum atomic E-state index is 13.7. The standard InChI is InChI=1S/C29H28ClN7O5/c1-40-21-5-3-20(4-6-21)28(39)37-13-12-35(26-15-25(30)33-29(34-26)36-11-10-31-17-36)16-22(37)27(38)32-9-8-19-2-7-23-24(14-19)42-18-41-23/h2-7,10-11,14-15,17,22H,8-9,12-13,16,18H2,1H3,(H,32,38). The van der Waals surface area contributed by atoms with Gasteiger partial charge in [0.2, 0.25) is 18.6 Å². The van der Waals surface area contributed by atoms with Crippen molar-refractivity contribution in [3.05, 3.63) is 83.5 Å². The Morgan fingerprint density at radius 2 is 1.90 bits per heavy atom. The summed E-state index contributed by atoms with van der Waals surface area (Å²) in [6, 6.07) is 13.4. The van der Waals surface area contributed by atoms with Gasteiger partial charge in [0, 0.05) is 50.2 Å². The van der Waals surface area contributed by atoms with Gasteiger partial charge in [0.05, 0.1) is 7.11 Å². The molecule has 2 amide bonds. The maximum absolute atomic E-state index is 13.7. The minimum atomic E-state index is -0.782. The topological polar surface area (TPSA) is 124 Å². The number of anilines is 1. The summed E-state index contributed by atoms with van der Waals surface area (Å²) in [4.78, 5) is 43.8. The van der Waals surface area contributed by atoms with Crippen LogP contribution in [0.3, 0.4) is 0 Å². The number of fused-ring (bicyclic) bond motifs is 1. The van der Waals surface area contributed by atoms with Gasteiger partial charge in [0.15, 0.2) is 11.5 Å². The molecule has 1 atom stereocenters. The number of nitrogens with zero attached hydrogens (tertiary/aromatic N) is 6. The van der Waals surface area contributed by atoms with Crippen LogP contribution in [-0.4, -0.2) is 82.4 Å². The van der Waals surface area contributed by atoms with Gasteiger partial charge < -0.3 is 29.3 Å². The molecule has 0 aliphatic carbocycles. The lowest BCUT2D eigenvalue weighted by Gasteiger charge is -2.41. The number of rotatable bonds is 8. The summed E-state index contributed by atoms with van der Waals surface area (Å²) in [7, 11) is 1.57. The van der Waals surface area contributed by atoms with Crippen LogP contribution in [-0.2, 0) is 11.2 Å². The van der Waals surface area contributed by atoms with E-state index in [0.29, 0.717) is 60.6 Å². The smallest absolute Gasteiger partial charge is 0.254 e. The maximum Gasteiger partial charge on any atom is 0.254 e. The Labute approximate surface area is 246 Å². The van der Waals surface area contributed by atoms with Crippen LogP contribution >= 0.6 is 11.6 Å². The van der Waals surface area contributed by atoms with Crippen molar-refractivity contribution < 1.29 is 23.8 Å². The molecule has 1 N–H and O–H groups in total. The van der Waals surface area contributed by atoms with Crippen LogP contribution in [0.2, 0.25) is 5.15 Å². The van der Waals surface area contributed by atoms with Gasteiger partial charge in [-0.2, -0.15) is 4.98 Å². The van der Waals surface area contributed by atoms with E-state index in [-0.39, 0.29) is 30.3 Å². The molecule has 4 aromatic rings. The normalized spacial score (nSPS) is 15.9. The molecule has 12 nitrogen and oxygen atoms in total. The SMILES string of the molecule is COc1ccc(C(=O)N2CCN(c3cc(Cl)nc(-n4ccnc4)n3)CC2C(=O)NCCc2ccc3c(c2)OCO3)cc1. The molecule has 2 aliphatic heterocycles. The van der Waals surface area contributed by atoms with Crippen LogP contribution in [0.15, 0.2) is 67.3 Å². The Morgan fingerprint density at radius 1 is 1.07 bits per heavy atom. The second-order valence-electron chi connectivity index (χ2n) is 9.74. The number of aromatic nitrogens is 4. The largest absolute Gasteiger partial charge is 0.497 e. The Bertz CT molecular complexity index is 1580. The molecule has 1 saturated heterocycles. The monoisotopic (exact) mass is 589 g/mol. The summed E-state index contributed by atoms with van der Waals surface area (Å²) in [6.07, 6.45) is 5.51. The number of ether oxygens (including phenoxy) is 3. The molecule has 0 radical (unpaired) electrons. The first-order chi connectivity index (χ1) is 20.5. The minimum Gasteiger partial charge on any atom is -0.497 e. The zero-order valence-corrected chi connectivity index (χ0v) is 23.5. The summed E-state index contributed by atoms with van der Waals surface area (Å²) in [5.74, 6) is 2.44. The van der Waals surface area contributed by atoms with E-state index in [1.54, 1.807) is 65.6 Å². The molecule has 216 valence electrons.